The van der Waals surface area contributed by atoms with E-state index in [1.807, 2.05) is 6.07 Å². The van der Waals surface area contributed by atoms with Gasteiger partial charge in [-0.25, -0.2) is 9.59 Å². The highest BCUT2D eigenvalue weighted by atomic mass is 16.6. The zero-order chi connectivity index (χ0) is 26.0. The van der Waals surface area contributed by atoms with Crippen molar-refractivity contribution in [1.82, 2.24) is 0 Å². The van der Waals surface area contributed by atoms with Crippen LogP contribution < -0.4 is 15.2 Å². The first kappa shape index (κ1) is 24.9. The normalized spacial score (nSPS) is 14.2. The molecule has 0 spiro atoms. The van der Waals surface area contributed by atoms with Crippen molar-refractivity contribution in [3.8, 4) is 23.0 Å². The van der Waals surface area contributed by atoms with Crippen molar-refractivity contribution in [3.05, 3.63) is 76.9 Å². The fourth-order valence-electron chi connectivity index (χ4n) is 4.13. The number of benzene rings is 3. The van der Waals surface area contributed by atoms with E-state index in [-0.39, 0.29) is 19.0 Å². The van der Waals surface area contributed by atoms with E-state index in [0.717, 1.165) is 11.1 Å². The van der Waals surface area contributed by atoms with Crippen LogP contribution in [-0.4, -0.2) is 35.9 Å². The Bertz CT molecular complexity index is 1310. The molecule has 3 N–H and O–H groups in total. The molecule has 0 radical (unpaired) electrons. The average molecular weight is 492 g/mol. The van der Waals surface area contributed by atoms with Crippen molar-refractivity contribution in [3.63, 3.8) is 0 Å². The third-order valence-electron chi connectivity index (χ3n) is 5.48. The number of carbonyl (C=O) groups is 2. The highest BCUT2D eigenvalue weighted by molar-refractivity contribution is 5.92. The van der Waals surface area contributed by atoms with Gasteiger partial charge in [-0.2, -0.15) is 0 Å². The van der Waals surface area contributed by atoms with Gasteiger partial charge in [0, 0.05) is 34.9 Å². The predicted octanol–water partition coefficient (Wildman–Crippen LogP) is 5.16. The van der Waals surface area contributed by atoms with Crippen molar-refractivity contribution in [2.45, 2.75) is 39.2 Å². The minimum atomic E-state index is -0.619. The maximum absolute atomic E-state index is 12.8. The van der Waals surface area contributed by atoms with Gasteiger partial charge in [0.15, 0.2) is 6.61 Å². The largest absolute Gasteiger partial charge is 0.508 e. The first-order valence-corrected chi connectivity index (χ1v) is 11.6. The number of phenolic OH excluding ortho intramolecular Hbond substituents is 1. The molecule has 3 aromatic rings. The standard InChI is InChI=1S/C28H29NO7/c1-5-33-27(32)19-9-6-16(29)12-22(19)26-20-10-7-17(30)13-23(20)35-24-14-18(8-11-21(24)26)34-15-25(31)36-28(2,3)4/h6-14,26,30H,5,15,29H2,1-4H3. The zero-order valence-corrected chi connectivity index (χ0v) is 20.7. The van der Waals surface area contributed by atoms with E-state index in [1.165, 1.54) is 6.07 Å². The molecule has 0 bridgehead atoms. The Balaban J connectivity index is 1.76. The van der Waals surface area contributed by atoms with Crippen LogP contribution in [0.3, 0.4) is 0 Å². The second-order valence-electron chi connectivity index (χ2n) is 9.40. The molecule has 8 heteroatoms. The molecule has 0 fully saturated rings. The van der Waals surface area contributed by atoms with Crippen LogP contribution >= 0.6 is 0 Å². The second kappa shape index (κ2) is 9.81. The highest BCUT2D eigenvalue weighted by Crippen LogP contribution is 2.50. The summed E-state index contributed by atoms with van der Waals surface area (Å²) in [5.41, 5.74) is 8.53. The van der Waals surface area contributed by atoms with Crippen molar-refractivity contribution in [2.24, 2.45) is 0 Å². The van der Waals surface area contributed by atoms with Crippen LogP contribution in [0.5, 0.6) is 23.0 Å². The molecular weight excluding hydrogens is 462 g/mol. The van der Waals surface area contributed by atoms with Gasteiger partial charge >= 0.3 is 11.9 Å². The number of nitrogen functional groups attached to an aromatic ring is 1. The lowest BCUT2D eigenvalue weighted by molar-refractivity contribution is -0.157. The molecule has 0 amide bonds. The SMILES string of the molecule is CCOC(=O)c1ccc(N)cc1C1c2ccc(O)cc2Oc2cc(OCC(=O)OC(C)(C)C)ccc21. The van der Waals surface area contributed by atoms with Crippen LogP contribution in [0.1, 0.15) is 60.7 Å². The Hall–Kier alpha value is -4.20. The summed E-state index contributed by atoms with van der Waals surface area (Å²) in [4.78, 5) is 24.9. The lowest BCUT2D eigenvalue weighted by Crippen LogP contribution is -2.27. The molecule has 1 heterocycles. The van der Waals surface area contributed by atoms with E-state index in [4.69, 9.17) is 24.7 Å². The number of anilines is 1. The molecule has 0 saturated heterocycles. The molecule has 1 aliphatic rings. The van der Waals surface area contributed by atoms with Gasteiger partial charge in [0.05, 0.1) is 12.2 Å². The monoisotopic (exact) mass is 491 g/mol. The van der Waals surface area contributed by atoms with Gasteiger partial charge in [0.25, 0.3) is 0 Å². The maximum Gasteiger partial charge on any atom is 0.344 e. The fraction of sp³-hybridized carbons (Fsp3) is 0.286. The van der Waals surface area contributed by atoms with E-state index >= 15 is 0 Å². The van der Waals surface area contributed by atoms with Gasteiger partial charge in [-0.1, -0.05) is 12.1 Å². The van der Waals surface area contributed by atoms with Crippen molar-refractivity contribution in [1.29, 1.82) is 0 Å². The molecule has 188 valence electrons. The van der Waals surface area contributed by atoms with Gasteiger partial charge in [-0.15, -0.1) is 0 Å². The molecule has 1 unspecified atom stereocenters. The Morgan fingerprint density at radius 2 is 1.67 bits per heavy atom. The summed E-state index contributed by atoms with van der Waals surface area (Å²) < 4.78 is 22.3. The zero-order valence-electron chi connectivity index (χ0n) is 20.7. The smallest absolute Gasteiger partial charge is 0.344 e. The number of aromatic hydroxyl groups is 1. The molecular formula is C28H29NO7. The van der Waals surface area contributed by atoms with E-state index in [2.05, 4.69) is 0 Å². The minimum absolute atomic E-state index is 0.0338. The topological polar surface area (TPSA) is 117 Å². The lowest BCUT2D eigenvalue weighted by atomic mass is 9.80. The van der Waals surface area contributed by atoms with Crippen molar-refractivity contribution >= 4 is 17.6 Å². The summed E-state index contributed by atoms with van der Waals surface area (Å²) >= 11 is 0. The van der Waals surface area contributed by atoms with E-state index in [9.17, 15) is 14.7 Å². The number of phenols is 1. The molecule has 36 heavy (non-hydrogen) atoms. The summed E-state index contributed by atoms with van der Waals surface area (Å²) in [6, 6.07) is 15.1. The first-order chi connectivity index (χ1) is 17.1. The van der Waals surface area contributed by atoms with E-state index in [0.29, 0.717) is 34.1 Å². The Kier molecular flexibility index (Phi) is 6.79. The highest BCUT2D eigenvalue weighted by Gasteiger charge is 2.32. The van der Waals surface area contributed by atoms with Crippen LogP contribution in [0.2, 0.25) is 0 Å². The van der Waals surface area contributed by atoms with E-state index < -0.39 is 23.5 Å². The first-order valence-electron chi connectivity index (χ1n) is 11.6. The van der Waals surface area contributed by atoms with Crippen molar-refractivity contribution in [2.75, 3.05) is 18.9 Å². The number of carbonyl (C=O) groups excluding carboxylic acids is 2. The van der Waals surface area contributed by atoms with Crippen LogP contribution in [0.25, 0.3) is 0 Å². The average Bonchev–Trinajstić information content (AvgIpc) is 2.80. The van der Waals surface area contributed by atoms with Gasteiger partial charge in [-0.05, 0) is 63.6 Å². The molecule has 1 atom stereocenters. The Morgan fingerprint density at radius 1 is 0.972 bits per heavy atom. The van der Waals surface area contributed by atoms with Crippen molar-refractivity contribution < 1.29 is 33.6 Å². The number of fused-ring (bicyclic) bond motifs is 2. The quantitative estimate of drug-likeness (QED) is 0.281. The molecule has 0 saturated carbocycles. The van der Waals surface area contributed by atoms with Gasteiger partial charge in [0.1, 0.15) is 28.6 Å². The minimum Gasteiger partial charge on any atom is -0.508 e. The van der Waals surface area contributed by atoms with Crippen LogP contribution in [0.4, 0.5) is 5.69 Å². The van der Waals surface area contributed by atoms with Gasteiger partial charge in [0.2, 0.25) is 0 Å². The Labute approximate surface area is 209 Å². The third kappa shape index (κ3) is 5.38. The van der Waals surface area contributed by atoms with Gasteiger partial charge in [-0.3, -0.25) is 0 Å². The summed E-state index contributed by atoms with van der Waals surface area (Å²) in [7, 11) is 0. The second-order valence-corrected chi connectivity index (χ2v) is 9.40. The summed E-state index contributed by atoms with van der Waals surface area (Å²) in [6.07, 6.45) is 0. The molecule has 8 nitrogen and oxygen atoms in total. The molecule has 0 aliphatic carbocycles. The Morgan fingerprint density at radius 3 is 2.36 bits per heavy atom. The lowest BCUT2D eigenvalue weighted by Gasteiger charge is -2.30. The maximum atomic E-state index is 12.8. The van der Waals surface area contributed by atoms with Crippen LogP contribution in [-0.2, 0) is 14.3 Å². The van der Waals surface area contributed by atoms with E-state index in [1.54, 1.807) is 70.2 Å². The molecule has 0 aromatic heterocycles. The molecule has 4 rings (SSSR count). The molecule has 3 aromatic carbocycles. The van der Waals surface area contributed by atoms with Crippen LogP contribution in [0.15, 0.2) is 54.6 Å². The fourth-order valence-corrected chi connectivity index (χ4v) is 4.13. The third-order valence-corrected chi connectivity index (χ3v) is 5.48. The summed E-state index contributed by atoms with van der Waals surface area (Å²) in [5.74, 6) is -0.0730. The number of ether oxygens (including phenoxy) is 4. The number of hydrogen-bond acceptors (Lipinski definition) is 8. The predicted molar refractivity (Wildman–Crippen MR) is 134 cm³/mol. The number of nitrogens with two attached hydrogens (primary N) is 1. The van der Waals surface area contributed by atoms with Crippen LogP contribution in [0, 0.1) is 0 Å². The molecule has 1 aliphatic heterocycles. The summed E-state index contributed by atoms with van der Waals surface area (Å²) in [5, 5.41) is 10.1. The van der Waals surface area contributed by atoms with Gasteiger partial charge < -0.3 is 29.8 Å². The number of esters is 2. The number of rotatable bonds is 6. The number of hydrogen-bond donors (Lipinski definition) is 2. The summed E-state index contributed by atoms with van der Waals surface area (Å²) in [6.45, 7) is 7.06.